The molecule has 104 valence electrons. The van der Waals surface area contributed by atoms with Crippen molar-refractivity contribution in [3.05, 3.63) is 64.3 Å². The molecule has 0 atom stereocenters. The minimum Gasteiger partial charge on any atom is -0.388 e. The van der Waals surface area contributed by atoms with Crippen LogP contribution in [-0.2, 0) is 4.79 Å². The molecule has 0 bridgehead atoms. The van der Waals surface area contributed by atoms with Crippen LogP contribution >= 0.6 is 11.6 Å². The number of likely N-dealkylation sites (N-methyl/N-ethyl adjacent to an activating group) is 1. The Labute approximate surface area is 124 Å². The second-order valence-corrected chi connectivity index (χ2v) is 5.05. The Bertz CT molecular complexity index is 567. The van der Waals surface area contributed by atoms with E-state index >= 15 is 0 Å². The molecule has 20 heavy (non-hydrogen) atoms. The van der Waals surface area contributed by atoms with Gasteiger partial charge < -0.3 is 10.1 Å². The lowest BCUT2D eigenvalue weighted by atomic mass is 9.91. The lowest BCUT2D eigenvalue weighted by Crippen LogP contribution is -2.11. The van der Waals surface area contributed by atoms with E-state index in [1.807, 2.05) is 31.3 Å². The van der Waals surface area contributed by atoms with E-state index in [0.717, 1.165) is 41.0 Å². The van der Waals surface area contributed by atoms with Crippen LogP contribution in [0, 0.1) is 0 Å². The van der Waals surface area contributed by atoms with Gasteiger partial charge in [0.05, 0.1) is 0 Å². The summed E-state index contributed by atoms with van der Waals surface area (Å²) in [6.07, 6.45) is 9.49. The number of allylic oxidation sites excluding steroid dienone is 5. The second-order valence-electron chi connectivity index (χ2n) is 4.61. The third-order valence-corrected chi connectivity index (χ3v) is 3.64. The molecular formula is C17H18ClNO. The Morgan fingerprint density at radius 2 is 2.00 bits per heavy atom. The summed E-state index contributed by atoms with van der Waals surface area (Å²) in [6.45, 7) is 0. The summed E-state index contributed by atoms with van der Waals surface area (Å²) in [5.74, 6) is 0. The first-order valence-electron chi connectivity index (χ1n) is 6.71. The fraction of sp³-hybridized carbons (Fsp3) is 0.235. The van der Waals surface area contributed by atoms with E-state index in [-0.39, 0.29) is 0 Å². The first kappa shape index (κ1) is 14.6. The molecule has 0 spiro atoms. The number of nitrogens with one attached hydrogen (secondary N) is 1. The summed E-state index contributed by atoms with van der Waals surface area (Å²) >= 11 is 5.95. The van der Waals surface area contributed by atoms with Gasteiger partial charge in [0.2, 0.25) is 0 Å². The van der Waals surface area contributed by atoms with Crippen LogP contribution in [0.25, 0.3) is 5.57 Å². The zero-order valence-electron chi connectivity index (χ0n) is 11.5. The highest BCUT2D eigenvalue weighted by Gasteiger charge is 2.13. The standard InChI is InChI=1S/C17H18ClNO/c1-19-17-6-4-2-3-5-15(16(17)11-12-20)13-7-9-14(18)10-8-13/h2-3,6-10,12,19H,4-5,11H2,1H3/b3-2?,16-15+,17-6+. The first-order chi connectivity index (χ1) is 9.76. The Hall–Kier alpha value is -1.80. The summed E-state index contributed by atoms with van der Waals surface area (Å²) in [5, 5.41) is 3.92. The van der Waals surface area contributed by atoms with Crippen molar-refractivity contribution in [2.45, 2.75) is 19.3 Å². The molecule has 3 heteroatoms. The maximum atomic E-state index is 11.0. The minimum absolute atomic E-state index is 0.415. The number of carbonyl (C=O) groups is 1. The highest BCUT2D eigenvalue weighted by atomic mass is 35.5. The van der Waals surface area contributed by atoms with Gasteiger partial charge in [-0.3, -0.25) is 0 Å². The first-order valence-corrected chi connectivity index (χ1v) is 7.09. The van der Waals surface area contributed by atoms with Crippen molar-refractivity contribution in [2.24, 2.45) is 0 Å². The van der Waals surface area contributed by atoms with Crippen LogP contribution in [0.1, 0.15) is 24.8 Å². The van der Waals surface area contributed by atoms with Gasteiger partial charge in [0.1, 0.15) is 6.29 Å². The van der Waals surface area contributed by atoms with Crippen molar-refractivity contribution in [2.75, 3.05) is 7.05 Å². The van der Waals surface area contributed by atoms with E-state index in [2.05, 4.69) is 23.5 Å². The van der Waals surface area contributed by atoms with Gasteiger partial charge in [-0.2, -0.15) is 0 Å². The van der Waals surface area contributed by atoms with Crippen molar-refractivity contribution in [1.29, 1.82) is 0 Å². The summed E-state index contributed by atoms with van der Waals surface area (Å²) in [7, 11) is 1.89. The number of aldehydes is 1. The predicted molar refractivity (Wildman–Crippen MR) is 84.6 cm³/mol. The molecule has 1 aromatic rings. The molecule has 0 unspecified atom stereocenters. The molecule has 2 nitrogen and oxygen atoms in total. The summed E-state index contributed by atoms with van der Waals surface area (Å²) in [4.78, 5) is 11.0. The van der Waals surface area contributed by atoms with Crippen molar-refractivity contribution in [3.63, 3.8) is 0 Å². The third kappa shape index (κ3) is 3.40. The van der Waals surface area contributed by atoms with Gasteiger partial charge in [0.15, 0.2) is 0 Å². The zero-order chi connectivity index (χ0) is 14.4. The van der Waals surface area contributed by atoms with E-state index in [1.165, 1.54) is 5.57 Å². The van der Waals surface area contributed by atoms with Crippen molar-refractivity contribution >= 4 is 23.5 Å². The molecule has 0 aromatic heterocycles. The van der Waals surface area contributed by atoms with Crippen LogP contribution in [-0.4, -0.2) is 13.3 Å². The number of hydrogen-bond acceptors (Lipinski definition) is 2. The zero-order valence-corrected chi connectivity index (χ0v) is 12.3. The van der Waals surface area contributed by atoms with Crippen molar-refractivity contribution in [1.82, 2.24) is 5.32 Å². The Balaban J connectivity index is 2.55. The molecular weight excluding hydrogens is 270 g/mol. The van der Waals surface area contributed by atoms with Crippen LogP contribution in [0.2, 0.25) is 5.02 Å². The van der Waals surface area contributed by atoms with Crippen LogP contribution in [0.4, 0.5) is 0 Å². The van der Waals surface area contributed by atoms with E-state index in [4.69, 9.17) is 11.6 Å². The van der Waals surface area contributed by atoms with Gasteiger partial charge in [-0.05, 0) is 41.7 Å². The molecule has 0 saturated carbocycles. The monoisotopic (exact) mass is 287 g/mol. The number of benzene rings is 1. The quantitative estimate of drug-likeness (QED) is 0.666. The van der Waals surface area contributed by atoms with Gasteiger partial charge >= 0.3 is 0 Å². The van der Waals surface area contributed by atoms with Crippen LogP contribution in [0.15, 0.2) is 53.8 Å². The van der Waals surface area contributed by atoms with Gasteiger partial charge in [0.25, 0.3) is 0 Å². The lowest BCUT2D eigenvalue weighted by Gasteiger charge is -2.18. The molecule has 0 saturated heterocycles. The third-order valence-electron chi connectivity index (χ3n) is 3.39. The number of halogens is 1. The average Bonchev–Trinajstić information content (AvgIpc) is 2.44. The van der Waals surface area contributed by atoms with E-state index in [1.54, 1.807) is 0 Å². The number of rotatable bonds is 4. The van der Waals surface area contributed by atoms with E-state index in [0.29, 0.717) is 6.42 Å². The lowest BCUT2D eigenvalue weighted by molar-refractivity contribution is -0.107. The Morgan fingerprint density at radius 1 is 1.25 bits per heavy atom. The molecule has 0 fully saturated rings. The molecule has 0 heterocycles. The Kier molecular flexibility index (Phi) is 5.19. The molecule has 0 aliphatic heterocycles. The van der Waals surface area contributed by atoms with Crippen molar-refractivity contribution in [3.8, 4) is 0 Å². The maximum Gasteiger partial charge on any atom is 0.124 e. The van der Waals surface area contributed by atoms with Gasteiger partial charge in [-0.25, -0.2) is 0 Å². The maximum absolute atomic E-state index is 11.0. The predicted octanol–water partition coefficient (Wildman–Crippen LogP) is 4.14. The van der Waals surface area contributed by atoms with Crippen molar-refractivity contribution < 1.29 is 4.79 Å². The SMILES string of the molecule is CNC1=C/CC=CC/C(c2ccc(Cl)cc2)=C\1CC=O. The highest BCUT2D eigenvalue weighted by molar-refractivity contribution is 6.30. The summed E-state index contributed by atoms with van der Waals surface area (Å²) in [6, 6.07) is 7.78. The number of carbonyl (C=O) groups excluding carboxylic acids is 1. The van der Waals surface area contributed by atoms with Crippen LogP contribution in [0.5, 0.6) is 0 Å². The molecule has 1 aromatic carbocycles. The molecule has 2 rings (SSSR count). The second kappa shape index (κ2) is 7.11. The normalized spacial score (nSPS) is 21.6. The largest absolute Gasteiger partial charge is 0.388 e. The fourth-order valence-corrected chi connectivity index (χ4v) is 2.53. The average molecular weight is 288 g/mol. The number of hydrogen-bond donors (Lipinski definition) is 1. The molecule has 1 aliphatic carbocycles. The smallest absolute Gasteiger partial charge is 0.124 e. The van der Waals surface area contributed by atoms with Gasteiger partial charge in [-0.1, -0.05) is 42.0 Å². The Morgan fingerprint density at radius 3 is 2.65 bits per heavy atom. The molecule has 0 radical (unpaired) electrons. The molecule has 1 N–H and O–H groups in total. The minimum atomic E-state index is 0.415. The fourth-order valence-electron chi connectivity index (χ4n) is 2.40. The van der Waals surface area contributed by atoms with Crippen LogP contribution in [0.3, 0.4) is 0 Å². The molecule has 0 amide bonds. The van der Waals surface area contributed by atoms with E-state index in [9.17, 15) is 4.79 Å². The summed E-state index contributed by atoms with van der Waals surface area (Å²) in [5.41, 5.74) is 4.38. The summed E-state index contributed by atoms with van der Waals surface area (Å²) < 4.78 is 0. The van der Waals surface area contributed by atoms with Crippen LogP contribution < -0.4 is 5.32 Å². The highest BCUT2D eigenvalue weighted by Crippen LogP contribution is 2.30. The van der Waals surface area contributed by atoms with E-state index < -0.39 is 0 Å². The van der Waals surface area contributed by atoms with Gasteiger partial charge in [0, 0.05) is 24.2 Å². The topological polar surface area (TPSA) is 29.1 Å². The molecule has 1 aliphatic rings. The van der Waals surface area contributed by atoms with Gasteiger partial charge in [-0.15, -0.1) is 0 Å².